The van der Waals surface area contributed by atoms with Gasteiger partial charge in [-0.2, -0.15) is 4.68 Å². The van der Waals surface area contributed by atoms with E-state index >= 15 is 0 Å². The van der Waals surface area contributed by atoms with Gasteiger partial charge in [-0.05, 0) is 12.2 Å². The van der Waals surface area contributed by atoms with E-state index in [1.165, 1.54) is 4.90 Å². The molecule has 0 radical (unpaired) electrons. The zero-order chi connectivity index (χ0) is 12.5. The second-order valence-electron chi connectivity index (χ2n) is 4.61. The summed E-state index contributed by atoms with van der Waals surface area (Å²) in [6.45, 7) is 6.25. The molecule has 86 valence electrons. The van der Waals surface area contributed by atoms with Crippen LogP contribution in [0.15, 0.2) is 6.07 Å². The Hall–Kier alpha value is -0.610. The molecule has 3 N–H and O–H groups in total. The van der Waals surface area contributed by atoms with Gasteiger partial charge in [0.2, 0.25) is 0 Å². The Kier molecular flexibility index (Phi) is 5.62. The second-order valence-corrected chi connectivity index (χ2v) is 5.03. The van der Waals surface area contributed by atoms with Crippen molar-refractivity contribution in [3.05, 3.63) is 11.8 Å². The number of H-pyrrole nitrogens is 1. The number of hydrogen-bond acceptors (Lipinski definition) is 2. The van der Waals surface area contributed by atoms with Crippen LogP contribution in [0.5, 0.6) is 0 Å². The second kappa shape index (κ2) is 5.83. The van der Waals surface area contributed by atoms with E-state index < -0.39 is 0 Å². The van der Waals surface area contributed by atoms with E-state index in [-0.39, 0.29) is 40.1 Å². The summed E-state index contributed by atoms with van der Waals surface area (Å²) in [5.74, 6) is 0.639. The Morgan fingerprint density at radius 1 is 1.59 bits per heavy atom. The normalized spacial score (nSPS) is 10.3. The van der Waals surface area contributed by atoms with Crippen molar-refractivity contribution in [2.75, 3.05) is 4.90 Å². The molecular weight excluding hydrogens is 245 g/mol. The van der Waals surface area contributed by atoms with Crippen LogP contribution in [0.4, 0.5) is 5.82 Å². The minimum atomic E-state index is -0.0205. The first-order valence-electron chi connectivity index (χ1n) is 4.86. The van der Waals surface area contributed by atoms with Crippen LogP contribution in [0.2, 0.25) is 0 Å². The predicted molar refractivity (Wildman–Crippen MR) is 65.5 cm³/mol. The average molecular weight is 261 g/mol. The van der Waals surface area contributed by atoms with Crippen LogP contribution < -0.4 is 44.9 Å². The van der Waals surface area contributed by atoms with Crippen molar-refractivity contribution >= 4 is 23.1 Å². The first-order valence-corrected chi connectivity index (χ1v) is 5.27. The summed E-state index contributed by atoms with van der Waals surface area (Å²) in [4.78, 5) is 1.21. The Morgan fingerprint density at radius 3 is 2.41 bits per heavy atom. The number of aromatic amines is 1. The monoisotopic (exact) mass is 261 g/mol. The van der Waals surface area contributed by atoms with E-state index in [0.29, 0.717) is 5.82 Å². The van der Waals surface area contributed by atoms with Crippen LogP contribution in [0.3, 0.4) is 0 Å². The number of hydrogen-bond donors (Lipinski definition) is 2. The van der Waals surface area contributed by atoms with Gasteiger partial charge in [-0.1, -0.05) is 25.7 Å². The molecule has 1 rings (SSSR count). The number of thiocarbonyl (C=S) groups is 1. The SMILES string of the molecule is C[n+]1[nH]c(C(C)(C)C)cc1N(C#N)C(N)=S.[Na+]. The summed E-state index contributed by atoms with van der Waals surface area (Å²) in [6, 6.07) is 1.88. The summed E-state index contributed by atoms with van der Waals surface area (Å²) in [6.07, 6.45) is 1.95. The number of aryl methyl sites for hydroxylation is 1. The number of nitrogens with one attached hydrogen (secondary N) is 1. The maximum absolute atomic E-state index is 8.97. The van der Waals surface area contributed by atoms with Crippen molar-refractivity contribution in [1.82, 2.24) is 5.10 Å². The fourth-order valence-corrected chi connectivity index (χ4v) is 1.44. The molecule has 1 aromatic heterocycles. The molecular formula is C10H16N5NaS+2. The van der Waals surface area contributed by atoms with Crippen molar-refractivity contribution in [1.29, 1.82) is 5.26 Å². The molecule has 0 saturated heterocycles. The van der Waals surface area contributed by atoms with Gasteiger partial charge in [-0.25, -0.2) is 5.10 Å². The Labute approximate surface area is 129 Å². The van der Waals surface area contributed by atoms with Gasteiger partial charge in [-0.15, -0.1) is 5.26 Å². The van der Waals surface area contributed by atoms with Crippen molar-refractivity contribution in [2.45, 2.75) is 26.2 Å². The molecule has 0 spiro atoms. The van der Waals surface area contributed by atoms with Gasteiger partial charge in [0, 0.05) is 5.41 Å². The molecule has 0 amide bonds. The third-order valence-corrected chi connectivity index (χ3v) is 2.45. The predicted octanol–water partition coefficient (Wildman–Crippen LogP) is -2.33. The largest absolute Gasteiger partial charge is 1.00 e. The quantitative estimate of drug-likeness (QED) is 0.196. The molecule has 0 aromatic carbocycles. The summed E-state index contributed by atoms with van der Waals surface area (Å²) in [5.41, 5.74) is 6.47. The van der Waals surface area contributed by atoms with Gasteiger partial charge < -0.3 is 5.73 Å². The number of nitrogens with zero attached hydrogens (tertiary/aromatic N) is 3. The molecule has 0 aliphatic heterocycles. The van der Waals surface area contributed by atoms with Gasteiger partial charge in [0.15, 0.2) is 0 Å². The van der Waals surface area contributed by atoms with Crippen LogP contribution in [-0.2, 0) is 12.5 Å². The summed E-state index contributed by atoms with van der Waals surface area (Å²) < 4.78 is 1.73. The van der Waals surface area contributed by atoms with Gasteiger partial charge in [0.25, 0.3) is 11.3 Å². The topological polar surface area (TPSA) is 72.7 Å². The third-order valence-electron chi connectivity index (χ3n) is 2.26. The van der Waals surface area contributed by atoms with Crippen LogP contribution in [0.1, 0.15) is 26.5 Å². The maximum Gasteiger partial charge on any atom is 1.00 e. The van der Waals surface area contributed by atoms with Gasteiger partial charge >= 0.3 is 35.4 Å². The van der Waals surface area contributed by atoms with E-state index in [1.807, 2.05) is 19.3 Å². The molecule has 1 heterocycles. The summed E-state index contributed by atoms with van der Waals surface area (Å²) >= 11 is 4.81. The average Bonchev–Trinajstić information content (AvgIpc) is 2.48. The minimum Gasteiger partial charge on any atom is -0.356 e. The van der Waals surface area contributed by atoms with E-state index in [2.05, 4.69) is 25.9 Å². The van der Waals surface area contributed by atoms with Crippen LogP contribution in [0, 0.1) is 11.5 Å². The van der Waals surface area contributed by atoms with Crippen LogP contribution in [0.25, 0.3) is 0 Å². The first kappa shape index (κ1) is 16.4. The van der Waals surface area contributed by atoms with E-state index in [4.69, 9.17) is 23.2 Å². The zero-order valence-corrected chi connectivity index (χ0v) is 13.7. The molecule has 0 unspecified atom stereocenters. The van der Waals surface area contributed by atoms with Crippen molar-refractivity contribution in [3.8, 4) is 6.19 Å². The van der Waals surface area contributed by atoms with Gasteiger partial charge in [0.1, 0.15) is 7.05 Å². The number of rotatable bonds is 1. The molecule has 0 fully saturated rings. The van der Waals surface area contributed by atoms with Crippen LogP contribution >= 0.6 is 12.2 Å². The summed E-state index contributed by atoms with van der Waals surface area (Å²) in [5, 5.41) is 12.2. The third kappa shape index (κ3) is 3.68. The fourth-order valence-electron chi connectivity index (χ4n) is 1.31. The van der Waals surface area contributed by atoms with E-state index in [9.17, 15) is 0 Å². The molecule has 7 heteroatoms. The molecule has 0 bridgehead atoms. The van der Waals surface area contributed by atoms with Crippen molar-refractivity contribution in [3.63, 3.8) is 0 Å². The number of anilines is 1. The fraction of sp³-hybridized carbons (Fsp3) is 0.500. The Morgan fingerprint density at radius 2 is 2.12 bits per heavy atom. The molecule has 17 heavy (non-hydrogen) atoms. The Balaban J connectivity index is 0.00000256. The number of aromatic nitrogens is 2. The van der Waals surface area contributed by atoms with Crippen molar-refractivity contribution in [2.24, 2.45) is 12.8 Å². The maximum atomic E-state index is 8.97. The number of nitriles is 1. The van der Waals surface area contributed by atoms with Crippen LogP contribution in [-0.4, -0.2) is 10.2 Å². The van der Waals surface area contributed by atoms with Crippen molar-refractivity contribution < 1.29 is 34.2 Å². The summed E-state index contributed by atoms with van der Waals surface area (Å²) in [7, 11) is 1.81. The smallest absolute Gasteiger partial charge is 0.356 e. The van der Waals surface area contributed by atoms with E-state index in [1.54, 1.807) is 4.68 Å². The zero-order valence-electron chi connectivity index (χ0n) is 10.9. The molecule has 5 nitrogen and oxygen atoms in total. The minimum absolute atomic E-state index is 0. The molecule has 0 atom stereocenters. The molecule has 1 aromatic rings. The standard InChI is InChI=1S/C10H15N5S.Na/c1-10(2,3)7-5-8(14(4)13-7)15(6-11)9(12)16;/h5H,1-4H3,(H2,12,16);/q;+1/p+1. The molecule has 0 aliphatic carbocycles. The Bertz CT molecular complexity index is 454. The van der Waals surface area contributed by atoms with E-state index in [0.717, 1.165) is 5.69 Å². The van der Waals surface area contributed by atoms with Gasteiger partial charge in [-0.3, -0.25) is 0 Å². The molecule has 0 aliphatic rings. The number of nitrogens with two attached hydrogens (primary N) is 1. The van der Waals surface area contributed by atoms with Gasteiger partial charge in [0.05, 0.1) is 11.8 Å². The molecule has 0 saturated carbocycles. The first-order chi connectivity index (χ1) is 7.27.